The molecule has 0 spiro atoms. The molecule has 1 fully saturated rings. The van der Waals surface area contributed by atoms with Gasteiger partial charge >= 0.3 is 0 Å². The zero-order valence-electron chi connectivity index (χ0n) is 15.7. The fourth-order valence-corrected chi connectivity index (χ4v) is 3.39. The van der Waals surface area contributed by atoms with Crippen molar-refractivity contribution >= 4 is 5.91 Å². The van der Waals surface area contributed by atoms with Gasteiger partial charge in [0.25, 0.3) is 5.91 Å². The van der Waals surface area contributed by atoms with Gasteiger partial charge in [-0.15, -0.1) is 0 Å². The molecule has 8 heteroatoms. The molecule has 3 heterocycles. The predicted octanol–water partition coefficient (Wildman–Crippen LogP) is 2.32. The van der Waals surface area contributed by atoms with Gasteiger partial charge in [-0.1, -0.05) is 5.16 Å². The molecular formula is C20H21N5O3. The first-order chi connectivity index (χ1) is 13.6. The van der Waals surface area contributed by atoms with E-state index in [4.69, 9.17) is 9.26 Å². The lowest BCUT2D eigenvalue weighted by Crippen LogP contribution is -2.36. The Morgan fingerprint density at radius 1 is 1.29 bits per heavy atom. The van der Waals surface area contributed by atoms with Crippen molar-refractivity contribution in [1.29, 1.82) is 0 Å². The summed E-state index contributed by atoms with van der Waals surface area (Å²) in [6.07, 6.45) is 3.91. The van der Waals surface area contributed by atoms with Crippen LogP contribution in [-0.2, 0) is 0 Å². The molecule has 4 rings (SSSR count). The molecule has 144 valence electrons. The first-order valence-electron chi connectivity index (χ1n) is 9.03. The van der Waals surface area contributed by atoms with Crippen molar-refractivity contribution in [2.45, 2.75) is 18.5 Å². The van der Waals surface area contributed by atoms with Gasteiger partial charge in [0, 0.05) is 30.5 Å². The molecule has 3 aromatic rings. The van der Waals surface area contributed by atoms with Crippen LogP contribution >= 0.6 is 0 Å². The quantitative estimate of drug-likeness (QED) is 0.727. The third-order valence-corrected chi connectivity index (χ3v) is 4.88. The highest BCUT2D eigenvalue weighted by Crippen LogP contribution is 2.31. The summed E-state index contributed by atoms with van der Waals surface area (Å²) in [5.74, 6) is 1.73. The Bertz CT molecular complexity index is 942. The number of hydrogen-bond donors (Lipinski definition) is 1. The number of hydrogen-bond acceptors (Lipinski definition) is 7. The number of pyridine rings is 1. The summed E-state index contributed by atoms with van der Waals surface area (Å²) in [7, 11) is 3.61. The van der Waals surface area contributed by atoms with E-state index in [0.717, 1.165) is 11.3 Å². The van der Waals surface area contributed by atoms with Crippen LogP contribution < -0.4 is 10.1 Å². The van der Waals surface area contributed by atoms with Gasteiger partial charge in [0.05, 0.1) is 18.7 Å². The predicted molar refractivity (Wildman–Crippen MR) is 102 cm³/mol. The van der Waals surface area contributed by atoms with E-state index in [2.05, 4.69) is 25.3 Å². The van der Waals surface area contributed by atoms with Crippen LogP contribution in [0.5, 0.6) is 5.75 Å². The lowest BCUT2D eigenvalue weighted by molar-refractivity contribution is 0.0938. The normalized spacial score (nSPS) is 19.5. The van der Waals surface area contributed by atoms with Gasteiger partial charge in [0.15, 0.2) is 0 Å². The molecule has 0 saturated carbocycles. The summed E-state index contributed by atoms with van der Waals surface area (Å²) in [6, 6.07) is 11.0. The van der Waals surface area contributed by atoms with Gasteiger partial charge < -0.3 is 14.6 Å². The van der Waals surface area contributed by atoms with E-state index < -0.39 is 0 Å². The molecule has 28 heavy (non-hydrogen) atoms. The van der Waals surface area contributed by atoms with Crippen molar-refractivity contribution < 1.29 is 14.1 Å². The van der Waals surface area contributed by atoms with Gasteiger partial charge in [-0.2, -0.15) is 4.98 Å². The minimum atomic E-state index is -0.128. The fraction of sp³-hybridized carbons (Fsp3) is 0.300. The molecule has 1 aliphatic rings. The maximum Gasteiger partial charge on any atom is 0.253 e. The number of nitrogens with zero attached hydrogens (tertiary/aromatic N) is 4. The van der Waals surface area contributed by atoms with Gasteiger partial charge in [-0.05, 0) is 49.9 Å². The van der Waals surface area contributed by atoms with Crippen molar-refractivity contribution in [3.63, 3.8) is 0 Å². The molecule has 2 aromatic heterocycles. The van der Waals surface area contributed by atoms with Gasteiger partial charge in [-0.25, -0.2) is 0 Å². The third kappa shape index (κ3) is 3.72. The smallest absolute Gasteiger partial charge is 0.253 e. The molecule has 0 aliphatic carbocycles. The standard InChI is InChI=1S/C20H21N5O3/c1-25-12-15(22-19(26)14-4-3-9-21-11-14)10-17(25)20-23-18(24-28-20)13-5-7-16(27-2)8-6-13/h3-9,11,15,17H,10,12H2,1-2H3,(H,22,26). The fourth-order valence-electron chi connectivity index (χ4n) is 3.39. The molecule has 2 unspecified atom stereocenters. The van der Waals surface area contributed by atoms with Crippen molar-refractivity contribution in [1.82, 2.24) is 25.3 Å². The summed E-state index contributed by atoms with van der Waals surface area (Å²) in [5.41, 5.74) is 1.41. The first kappa shape index (κ1) is 18.1. The molecule has 1 amide bonds. The van der Waals surface area contributed by atoms with Crippen LogP contribution in [0.2, 0.25) is 0 Å². The molecule has 1 aliphatic heterocycles. The number of rotatable bonds is 5. The number of methoxy groups -OCH3 is 1. The number of likely N-dealkylation sites (tertiary alicyclic amines) is 1. The topological polar surface area (TPSA) is 93.4 Å². The maximum atomic E-state index is 12.4. The lowest BCUT2D eigenvalue weighted by Gasteiger charge is -2.14. The van der Waals surface area contributed by atoms with Gasteiger partial charge in [-0.3, -0.25) is 14.7 Å². The van der Waals surface area contributed by atoms with Crippen LogP contribution in [0.3, 0.4) is 0 Å². The van der Waals surface area contributed by atoms with E-state index >= 15 is 0 Å². The Morgan fingerprint density at radius 3 is 2.82 bits per heavy atom. The number of amides is 1. The Balaban J connectivity index is 1.43. The average Bonchev–Trinajstić information content (AvgIpc) is 3.35. The molecule has 1 aromatic carbocycles. The number of carbonyl (C=O) groups is 1. The highest BCUT2D eigenvalue weighted by Gasteiger charge is 2.35. The minimum Gasteiger partial charge on any atom is -0.497 e. The minimum absolute atomic E-state index is 0.000887. The number of carbonyl (C=O) groups excluding carboxylic acids is 1. The zero-order chi connectivity index (χ0) is 19.5. The molecule has 8 nitrogen and oxygen atoms in total. The maximum absolute atomic E-state index is 12.4. The van der Waals surface area contributed by atoms with E-state index in [0.29, 0.717) is 30.2 Å². The number of nitrogens with one attached hydrogen (secondary N) is 1. The second-order valence-corrected chi connectivity index (χ2v) is 6.79. The number of benzene rings is 1. The lowest BCUT2D eigenvalue weighted by atomic mass is 10.1. The second-order valence-electron chi connectivity index (χ2n) is 6.79. The summed E-state index contributed by atoms with van der Waals surface area (Å²) in [5, 5.41) is 7.16. The van der Waals surface area contributed by atoms with E-state index in [1.807, 2.05) is 31.3 Å². The van der Waals surface area contributed by atoms with Crippen LogP contribution in [0.25, 0.3) is 11.4 Å². The SMILES string of the molecule is COc1ccc(-c2noc(C3CC(NC(=O)c4cccnc4)CN3C)n2)cc1. The van der Waals surface area contributed by atoms with Gasteiger partial charge in [0.2, 0.25) is 11.7 Å². The van der Waals surface area contributed by atoms with Crippen molar-refractivity contribution in [3.8, 4) is 17.1 Å². The van der Waals surface area contributed by atoms with Crippen molar-refractivity contribution in [2.75, 3.05) is 20.7 Å². The molecule has 0 bridgehead atoms. The monoisotopic (exact) mass is 379 g/mol. The van der Waals surface area contributed by atoms with E-state index in [1.54, 1.807) is 31.6 Å². The summed E-state index contributed by atoms with van der Waals surface area (Å²) >= 11 is 0. The van der Waals surface area contributed by atoms with E-state index in [1.165, 1.54) is 0 Å². The Kier molecular flexibility index (Phi) is 5.03. The average molecular weight is 379 g/mol. The largest absolute Gasteiger partial charge is 0.497 e. The van der Waals surface area contributed by atoms with Gasteiger partial charge in [0.1, 0.15) is 5.75 Å². The van der Waals surface area contributed by atoms with Crippen LogP contribution in [0.1, 0.15) is 28.7 Å². The number of likely N-dealkylation sites (N-methyl/N-ethyl adjacent to an activating group) is 1. The van der Waals surface area contributed by atoms with Crippen LogP contribution in [-0.4, -0.2) is 52.7 Å². The van der Waals surface area contributed by atoms with E-state index in [9.17, 15) is 4.79 Å². The summed E-state index contributed by atoms with van der Waals surface area (Å²) in [6.45, 7) is 0.705. The third-order valence-electron chi connectivity index (χ3n) is 4.88. The van der Waals surface area contributed by atoms with Crippen LogP contribution in [0.15, 0.2) is 53.3 Å². The summed E-state index contributed by atoms with van der Waals surface area (Å²) < 4.78 is 10.7. The van der Waals surface area contributed by atoms with E-state index in [-0.39, 0.29) is 18.0 Å². The Morgan fingerprint density at radius 2 is 2.11 bits per heavy atom. The Hall–Kier alpha value is -3.26. The Labute approximate surface area is 162 Å². The molecular weight excluding hydrogens is 358 g/mol. The highest BCUT2D eigenvalue weighted by atomic mass is 16.5. The number of ether oxygens (including phenoxy) is 1. The molecule has 2 atom stereocenters. The molecule has 1 saturated heterocycles. The first-order valence-corrected chi connectivity index (χ1v) is 9.03. The number of aromatic nitrogens is 3. The molecule has 1 N–H and O–H groups in total. The zero-order valence-corrected chi connectivity index (χ0v) is 15.7. The van der Waals surface area contributed by atoms with Crippen LogP contribution in [0, 0.1) is 0 Å². The second kappa shape index (κ2) is 7.77. The highest BCUT2D eigenvalue weighted by molar-refractivity contribution is 5.94. The molecule has 0 radical (unpaired) electrons. The van der Waals surface area contributed by atoms with Crippen molar-refractivity contribution in [2.24, 2.45) is 0 Å². The summed E-state index contributed by atoms with van der Waals surface area (Å²) in [4.78, 5) is 23.0. The van der Waals surface area contributed by atoms with Crippen LogP contribution in [0.4, 0.5) is 0 Å². The van der Waals surface area contributed by atoms with Crippen molar-refractivity contribution in [3.05, 3.63) is 60.2 Å².